The van der Waals surface area contributed by atoms with Gasteiger partial charge >= 0.3 is 6.18 Å². The van der Waals surface area contributed by atoms with E-state index in [9.17, 15) is 22.8 Å². The van der Waals surface area contributed by atoms with E-state index in [4.69, 9.17) is 10.00 Å². The largest absolute Gasteiger partial charge is 0.489 e. The van der Waals surface area contributed by atoms with Gasteiger partial charge < -0.3 is 19.4 Å². The number of benzene rings is 1. The predicted molar refractivity (Wildman–Crippen MR) is 152 cm³/mol. The smallest absolute Gasteiger partial charge is 0.423 e. The molecule has 14 heteroatoms. The van der Waals surface area contributed by atoms with Crippen molar-refractivity contribution in [2.24, 2.45) is 0 Å². The number of pyridine rings is 2. The van der Waals surface area contributed by atoms with Crippen LogP contribution in [0, 0.1) is 11.3 Å². The van der Waals surface area contributed by atoms with Gasteiger partial charge in [0.25, 0.3) is 11.5 Å². The number of nitrogens with one attached hydrogen (secondary N) is 1. The summed E-state index contributed by atoms with van der Waals surface area (Å²) in [6.45, 7) is 2.07. The summed E-state index contributed by atoms with van der Waals surface area (Å²) in [4.78, 5) is 39.2. The maximum atomic E-state index is 13.9. The minimum atomic E-state index is -4.89. The first-order chi connectivity index (χ1) is 21.2. The average Bonchev–Trinajstić information content (AvgIpc) is 3.41. The normalized spacial score (nSPS) is 16.4. The lowest BCUT2D eigenvalue weighted by atomic mass is 10.1. The zero-order valence-electron chi connectivity index (χ0n) is 23.2. The number of amides is 1. The van der Waals surface area contributed by atoms with Crippen LogP contribution in [-0.4, -0.2) is 63.8 Å². The molecular weight excluding hydrogens is 577 g/mol. The van der Waals surface area contributed by atoms with Crippen LogP contribution in [0.15, 0.2) is 72.0 Å². The van der Waals surface area contributed by atoms with E-state index in [1.807, 2.05) is 28.2 Å². The molecule has 3 aromatic heterocycles. The molecule has 1 saturated heterocycles. The molecule has 0 bridgehead atoms. The highest BCUT2D eigenvalue weighted by Crippen LogP contribution is 2.42. The molecule has 0 radical (unpaired) electrons. The lowest BCUT2D eigenvalue weighted by molar-refractivity contribution is -0.138. The van der Waals surface area contributed by atoms with Gasteiger partial charge in [-0.1, -0.05) is 24.3 Å². The summed E-state index contributed by atoms with van der Waals surface area (Å²) in [5.74, 6) is 0.780. The highest BCUT2D eigenvalue weighted by Gasteiger charge is 2.42. The number of carbonyl (C=O) groups excluding carboxylic acids is 1. The first kappa shape index (κ1) is 28.7. The Labute approximate surface area is 249 Å². The number of halogens is 3. The van der Waals surface area contributed by atoms with Gasteiger partial charge in [-0.05, 0) is 29.3 Å². The van der Waals surface area contributed by atoms with E-state index in [1.165, 1.54) is 23.5 Å². The van der Waals surface area contributed by atoms with E-state index in [1.54, 1.807) is 35.2 Å². The fraction of sp³-hybridized carbons (Fsp3) is 0.267. The van der Waals surface area contributed by atoms with Gasteiger partial charge in [-0.3, -0.25) is 14.6 Å². The van der Waals surface area contributed by atoms with E-state index in [0.29, 0.717) is 37.3 Å². The third-order valence-corrected chi connectivity index (χ3v) is 7.70. The van der Waals surface area contributed by atoms with Crippen molar-refractivity contribution in [2.45, 2.75) is 18.8 Å². The Balaban J connectivity index is 1.16. The Morgan fingerprint density at radius 3 is 2.59 bits per heavy atom. The minimum Gasteiger partial charge on any atom is -0.489 e. The van der Waals surface area contributed by atoms with Gasteiger partial charge in [0.1, 0.15) is 29.8 Å². The maximum Gasteiger partial charge on any atom is 0.423 e. The number of rotatable bonds is 6. The van der Waals surface area contributed by atoms with Gasteiger partial charge in [-0.15, -0.1) is 0 Å². The van der Waals surface area contributed by atoms with Crippen molar-refractivity contribution in [3.63, 3.8) is 0 Å². The SMILES string of the molecule is N#Cc1ccc(N2CCN(C(=O)c3cncc(OC[C@H]4c5ccccc5CN4c4cn[nH]c(=O)c4C(F)(F)F)c3)CC2)nc1. The summed E-state index contributed by atoms with van der Waals surface area (Å²) >= 11 is 0. The lowest BCUT2D eigenvalue weighted by Crippen LogP contribution is -2.49. The number of aromatic nitrogens is 4. The Hall–Kier alpha value is -5.45. The van der Waals surface area contributed by atoms with E-state index >= 15 is 0 Å². The third-order valence-electron chi connectivity index (χ3n) is 7.70. The number of carbonyl (C=O) groups is 1. The van der Waals surface area contributed by atoms with Gasteiger partial charge in [0.2, 0.25) is 0 Å². The average molecular weight is 603 g/mol. The fourth-order valence-electron chi connectivity index (χ4n) is 5.53. The number of hydrogen-bond acceptors (Lipinski definition) is 9. The van der Waals surface area contributed by atoms with Crippen molar-refractivity contribution in [3.8, 4) is 11.8 Å². The topological polar surface area (TPSA) is 131 Å². The first-order valence-corrected chi connectivity index (χ1v) is 13.7. The van der Waals surface area contributed by atoms with E-state index < -0.39 is 23.3 Å². The van der Waals surface area contributed by atoms with Crippen LogP contribution in [0.5, 0.6) is 5.75 Å². The number of alkyl halides is 3. The molecule has 0 unspecified atom stereocenters. The van der Waals surface area contributed by atoms with Crippen LogP contribution in [0.2, 0.25) is 0 Å². The van der Waals surface area contributed by atoms with Gasteiger partial charge in [0, 0.05) is 45.1 Å². The quantitative estimate of drug-likeness (QED) is 0.352. The number of ether oxygens (including phenoxy) is 1. The van der Waals surface area contributed by atoms with Crippen molar-refractivity contribution in [2.75, 3.05) is 42.6 Å². The molecule has 0 saturated carbocycles. The maximum absolute atomic E-state index is 13.9. The van der Waals surface area contributed by atoms with Gasteiger partial charge in [-0.25, -0.2) is 10.1 Å². The molecule has 1 fully saturated rings. The highest BCUT2D eigenvalue weighted by atomic mass is 19.4. The molecule has 2 aliphatic rings. The second-order valence-corrected chi connectivity index (χ2v) is 10.3. The first-order valence-electron chi connectivity index (χ1n) is 13.7. The van der Waals surface area contributed by atoms with Crippen LogP contribution >= 0.6 is 0 Å². The Morgan fingerprint density at radius 1 is 1.07 bits per heavy atom. The monoisotopic (exact) mass is 602 g/mol. The number of anilines is 2. The van der Waals surface area contributed by atoms with Crippen molar-refractivity contribution >= 4 is 17.4 Å². The summed E-state index contributed by atoms with van der Waals surface area (Å²) in [6.07, 6.45) is 0.500. The molecule has 1 aromatic carbocycles. The minimum absolute atomic E-state index is 0.0727. The highest BCUT2D eigenvalue weighted by molar-refractivity contribution is 5.94. The second-order valence-electron chi connectivity index (χ2n) is 10.3. The third kappa shape index (κ3) is 5.63. The Kier molecular flexibility index (Phi) is 7.60. The van der Waals surface area contributed by atoms with Crippen molar-refractivity contribution < 1.29 is 22.7 Å². The summed E-state index contributed by atoms with van der Waals surface area (Å²) in [5.41, 5.74) is -0.648. The van der Waals surface area contributed by atoms with Crippen molar-refractivity contribution in [1.82, 2.24) is 25.1 Å². The van der Waals surface area contributed by atoms with Gasteiger partial charge in [-0.2, -0.15) is 23.5 Å². The number of hydrogen-bond donors (Lipinski definition) is 1. The second kappa shape index (κ2) is 11.7. The van der Waals surface area contributed by atoms with E-state index in [2.05, 4.69) is 15.1 Å². The van der Waals surface area contributed by atoms with Crippen molar-refractivity contribution in [3.05, 3.63) is 105 Å². The molecule has 224 valence electrons. The van der Waals surface area contributed by atoms with Crippen molar-refractivity contribution in [1.29, 1.82) is 5.26 Å². The summed E-state index contributed by atoms with van der Waals surface area (Å²) < 4.78 is 47.8. The number of H-pyrrole nitrogens is 1. The molecule has 2 aliphatic heterocycles. The van der Waals surface area contributed by atoms with Crippen LogP contribution in [0.1, 0.15) is 38.7 Å². The molecule has 11 nitrogen and oxygen atoms in total. The van der Waals surface area contributed by atoms with Crippen LogP contribution < -0.4 is 20.1 Å². The number of fused-ring (bicyclic) bond motifs is 1. The molecule has 4 aromatic rings. The molecule has 1 N–H and O–H groups in total. The van der Waals surface area contributed by atoms with Crippen LogP contribution in [0.3, 0.4) is 0 Å². The fourth-order valence-corrected chi connectivity index (χ4v) is 5.53. The van der Waals surface area contributed by atoms with E-state index in [0.717, 1.165) is 23.1 Å². The number of nitrogens with zero attached hydrogens (tertiary/aromatic N) is 7. The van der Waals surface area contributed by atoms with Gasteiger partial charge in [0.15, 0.2) is 0 Å². The van der Waals surface area contributed by atoms with E-state index in [-0.39, 0.29) is 30.5 Å². The molecule has 5 heterocycles. The molecule has 6 rings (SSSR count). The standard InChI is InChI=1S/C30H25F3N8O3/c31-30(32,33)27-24(16-37-38-28(27)42)41-17-20-3-1-2-4-23(20)25(41)18-44-22-11-21(14-35-15-22)29(43)40-9-7-39(8-10-40)26-6-5-19(12-34)13-36-26/h1-6,11,13-16,25H,7-10,17-18H2,(H,38,42)/t25-/m0/s1. The molecule has 1 atom stereocenters. The number of nitriles is 1. The summed E-state index contributed by atoms with van der Waals surface area (Å²) in [7, 11) is 0. The molecular formula is C30H25F3N8O3. The predicted octanol–water partition coefficient (Wildman–Crippen LogP) is 3.55. The Bertz CT molecular complexity index is 1780. The summed E-state index contributed by atoms with van der Waals surface area (Å²) in [5, 5.41) is 14.5. The molecule has 0 spiro atoms. The van der Waals surface area contributed by atoms with Crippen LogP contribution in [0.25, 0.3) is 0 Å². The molecule has 1 amide bonds. The van der Waals surface area contributed by atoms with Crippen LogP contribution in [-0.2, 0) is 12.7 Å². The Morgan fingerprint density at radius 2 is 1.86 bits per heavy atom. The van der Waals surface area contributed by atoms with Crippen LogP contribution in [0.4, 0.5) is 24.7 Å². The molecule has 0 aliphatic carbocycles. The number of piperazine rings is 1. The van der Waals surface area contributed by atoms with Gasteiger partial charge in [0.05, 0.1) is 35.2 Å². The molecule has 44 heavy (non-hydrogen) atoms. The lowest BCUT2D eigenvalue weighted by Gasteiger charge is -2.35. The summed E-state index contributed by atoms with van der Waals surface area (Å²) in [6, 6.07) is 13.6. The zero-order valence-corrected chi connectivity index (χ0v) is 23.2. The number of aromatic amines is 1. The zero-order chi connectivity index (χ0) is 30.8.